The van der Waals surface area contributed by atoms with Crippen molar-refractivity contribution in [3.8, 4) is 17.2 Å². The van der Waals surface area contributed by atoms with Crippen LogP contribution in [0, 0.1) is 11.3 Å². The molecule has 8 heteroatoms. The van der Waals surface area contributed by atoms with Gasteiger partial charge < -0.3 is 24.9 Å². The van der Waals surface area contributed by atoms with Gasteiger partial charge in [-0.25, -0.2) is 0 Å². The lowest BCUT2D eigenvalue weighted by atomic mass is 9.80. The fourth-order valence-corrected chi connectivity index (χ4v) is 5.33. The number of nitriles is 1. The molecule has 2 aliphatic carbocycles. The molecule has 0 unspecified atom stereocenters. The highest BCUT2D eigenvalue weighted by Gasteiger charge is 2.50. The molecule has 1 aromatic heterocycles. The molecule has 1 aliphatic heterocycles. The molecule has 8 nitrogen and oxygen atoms in total. The van der Waals surface area contributed by atoms with Crippen LogP contribution in [-0.2, 0) is 15.1 Å². The minimum absolute atomic E-state index is 0.147. The standard InChI is InChI=1S/C29H29N3O5/c30-16-27(12-13-27)32-26(34)28(10-2-1-3-11-28)31-25(33)24-15-21-5-4-20(14-23(21)37-24)19-6-8-22(9-7-19)29(35)17-36-18-29/h4-9,14-15,35H,1-3,10-13,17-18H2,(H,31,33)(H,32,34). The summed E-state index contributed by atoms with van der Waals surface area (Å²) < 4.78 is 11.1. The van der Waals surface area contributed by atoms with Crippen molar-refractivity contribution in [1.29, 1.82) is 5.26 Å². The number of amides is 2. The number of carbonyl (C=O) groups is 2. The Balaban J connectivity index is 1.22. The van der Waals surface area contributed by atoms with Crippen molar-refractivity contribution in [3.63, 3.8) is 0 Å². The number of hydrogen-bond acceptors (Lipinski definition) is 6. The van der Waals surface area contributed by atoms with Gasteiger partial charge in [-0.2, -0.15) is 5.26 Å². The molecule has 37 heavy (non-hydrogen) atoms. The lowest BCUT2D eigenvalue weighted by molar-refractivity contribution is -0.184. The second kappa shape index (κ2) is 8.72. The first kappa shape index (κ1) is 23.7. The highest BCUT2D eigenvalue weighted by Crippen LogP contribution is 2.37. The van der Waals surface area contributed by atoms with E-state index in [0.717, 1.165) is 41.3 Å². The molecule has 6 rings (SSSR count). The molecule has 3 fully saturated rings. The molecule has 2 saturated carbocycles. The molecule has 190 valence electrons. The Labute approximate surface area is 214 Å². The number of rotatable bonds is 6. The molecule has 3 N–H and O–H groups in total. The Hall–Kier alpha value is -3.67. The summed E-state index contributed by atoms with van der Waals surface area (Å²) in [5.74, 6) is -0.564. The van der Waals surface area contributed by atoms with E-state index in [4.69, 9.17) is 9.15 Å². The predicted octanol–water partition coefficient (Wildman–Crippen LogP) is 3.92. The van der Waals surface area contributed by atoms with Crippen molar-refractivity contribution in [2.45, 2.75) is 61.6 Å². The second-order valence-corrected chi connectivity index (χ2v) is 10.7. The van der Waals surface area contributed by atoms with Gasteiger partial charge in [-0.1, -0.05) is 55.7 Å². The van der Waals surface area contributed by atoms with E-state index in [2.05, 4.69) is 16.7 Å². The maximum absolute atomic E-state index is 13.3. The first-order valence-electron chi connectivity index (χ1n) is 12.8. The van der Waals surface area contributed by atoms with E-state index in [0.29, 0.717) is 44.5 Å². The first-order valence-corrected chi connectivity index (χ1v) is 12.8. The first-order chi connectivity index (χ1) is 17.8. The number of carbonyl (C=O) groups excluding carboxylic acids is 2. The topological polar surface area (TPSA) is 125 Å². The van der Waals surface area contributed by atoms with Crippen molar-refractivity contribution in [2.75, 3.05) is 13.2 Å². The average Bonchev–Trinajstić information content (AvgIpc) is 3.54. The summed E-state index contributed by atoms with van der Waals surface area (Å²) in [6.07, 6.45) is 5.03. The molecule has 3 aromatic rings. The zero-order valence-electron chi connectivity index (χ0n) is 20.5. The number of nitrogens with one attached hydrogen (secondary N) is 2. The zero-order valence-corrected chi connectivity index (χ0v) is 20.5. The Morgan fingerprint density at radius 1 is 0.892 bits per heavy atom. The number of aliphatic hydroxyl groups is 1. The van der Waals surface area contributed by atoms with E-state index >= 15 is 0 Å². The van der Waals surface area contributed by atoms with Crippen LogP contribution in [0.2, 0.25) is 0 Å². The van der Waals surface area contributed by atoms with Crippen molar-refractivity contribution in [1.82, 2.24) is 10.6 Å². The number of fused-ring (bicyclic) bond motifs is 1. The van der Waals surface area contributed by atoms with Crippen LogP contribution in [0.1, 0.15) is 61.1 Å². The van der Waals surface area contributed by atoms with Crippen LogP contribution >= 0.6 is 0 Å². The number of ether oxygens (including phenoxy) is 1. The molecule has 3 aliphatic rings. The third-order valence-electron chi connectivity index (χ3n) is 7.99. The van der Waals surface area contributed by atoms with Gasteiger partial charge in [0.05, 0.1) is 19.3 Å². The van der Waals surface area contributed by atoms with E-state index in [1.165, 1.54) is 0 Å². The monoisotopic (exact) mass is 499 g/mol. The van der Waals surface area contributed by atoms with Gasteiger partial charge >= 0.3 is 0 Å². The summed E-state index contributed by atoms with van der Waals surface area (Å²) in [5.41, 5.74) is 0.539. The number of furan rings is 1. The van der Waals surface area contributed by atoms with Gasteiger partial charge in [-0.15, -0.1) is 0 Å². The van der Waals surface area contributed by atoms with Gasteiger partial charge in [0.15, 0.2) is 5.76 Å². The third kappa shape index (κ3) is 4.28. The van der Waals surface area contributed by atoms with Crippen molar-refractivity contribution in [2.24, 2.45) is 0 Å². The normalized spacial score (nSPS) is 20.9. The lowest BCUT2D eigenvalue weighted by Gasteiger charge is -2.37. The number of hydrogen-bond donors (Lipinski definition) is 3. The van der Waals surface area contributed by atoms with Gasteiger partial charge in [-0.3, -0.25) is 9.59 Å². The van der Waals surface area contributed by atoms with Crippen molar-refractivity contribution in [3.05, 3.63) is 59.9 Å². The van der Waals surface area contributed by atoms with Gasteiger partial charge in [0.25, 0.3) is 5.91 Å². The Morgan fingerprint density at radius 3 is 2.22 bits per heavy atom. The molecule has 0 spiro atoms. The van der Waals surface area contributed by atoms with Crippen LogP contribution in [0.3, 0.4) is 0 Å². The molecular formula is C29H29N3O5. The minimum atomic E-state index is -1.04. The minimum Gasteiger partial charge on any atom is -0.451 e. The molecule has 2 aromatic carbocycles. The maximum Gasteiger partial charge on any atom is 0.287 e. The van der Waals surface area contributed by atoms with Crippen LogP contribution in [-0.4, -0.2) is 41.2 Å². The molecule has 2 heterocycles. The summed E-state index contributed by atoms with van der Waals surface area (Å²) in [7, 11) is 0. The van der Waals surface area contributed by atoms with E-state index in [1.807, 2.05) is 42.5 Å². The van der Waals surface area contributed by atoms with Crippen LogP contribution < -0.4 is 10.6 Å². The van der Waals surface area contributed by atoms with Crippen LogP contribution in [0.25, 0.3) is 22.1 Å². The van der Waals surface area contributed by atoms with Crippen LogP contribution in [0.5, 0.6) is 0 Å². The molecule has 1 saturated heterocycles. The summed E-state index contributed by atoms with van der Waals surface area (Å²) in [4.78, 5) is 26.5. The summed E-state index contributed by atoms with van der Waals surface area (Å²) >= 11 is 0. The summed E-state index contributed by atoms with van der Waals surface area (Å²) in [6, 6.07) is 17.3. The van der Waals surface area contributed by atoms with Gasteiger partial charge in [0.2, 0.25) is 5.91 Å². The molecule has 0 bridgehead atoms. The molecule has 2 amide bonds. The quantitative estimate of drug-likeness (QED) is 0.472. The fraction of sp³-hybridized carbons (Fsp3) is 0.414. The van der Waals surface area contributed by atoms with Gasteiger partial charge in [-0.05, 0) is 54.5 Å². The zero-order chi connectivity index (χ0) is 25.7. The van der Waals surface area contributed by atoms with Crippen molar-refractivity contribution >= 4 is 22.8 Å². The largest absolute Gasteiger partial charge is 0.451 e. The fourth-order valence-electron chi connectivity index (χ4n) is 5.33. The Kier molecular flexibility index (Phi) is 5.59. The van der Waals surface area contributed by atoms with E-state index in [9.17, 15) is 20.0 Å². The van der Waals surface area contributed by atoms with E-state index < -0.39 is 22.6 Å². The summed E-state index contributed by atoms with van der Waals surface area (Å²) in [6.45, 7) is 0.607. The second-order valence-electron chi connectivity index (χ2n) is 10.7. The molecule has 0 radical (unpaired) electrons. The predicted molar refractivity (Wildman–Crippen MR) is 135 cm³/mol. The smallest absolute Gasteiger partial charge is 0.287 e. The SMILES string of the molecule is N#CC1(NC(=O)C2(NC(=O)c3cc4ccc(-c5ccc(C6(O)COC6)cc5)cc4o3)CCCCC2)CC1. The Bertz CT molecular complexity index is 1400. The van der Waals surface area contributed by atoms with E-state index in [-0.39, 0.29) is 11.7 Å². The number of benzene rings is 2. The van der Waals surface area contributed by atoms with Gasteiger partial charge in [0, 0.05) is 5.39 Å². The van der Waals surface area contributed by atoms with Crippen LogP contribution in [0.15, 0.2) is 52.9 Å². The van der Waals surface area contributed by atoms with Gasteiger partial charge in [0.1, 0.15) is 22.3 Å². The Morgan fingerprint density at radius 2 is 1.59 bits per heavy atom. The molecular weight excluding hydrogens is 470 g/mol. The molecule has 0 atom stereocenters. The third-order valence-corrected chi connectivity index (χ3v) is 7.99. The van der Waals surface area contributed by atoms with Crippen LogP contribution in [0.4, 0.5) is 0 Å². The lowest BCUT2D eigenvalue weighted by Crippen LogP contribution is -2.61. The van der Waals surface area contributed by atoms with E-state index in [1.54, 1.807) is 6.07 Å². The highest BCUT2D eigenvalue weighted by molar-refractivity contribution is 6.00. The summed E-state index contributed by atoms with van der Waals surface area (Å²) in [5, 5.41) is 26.5. The maximum atomic E-state index is 13.3. The number of nitrogens with zero attached hydrogens (tertiary/aromatic N) is 1. The van der Waals surface area contributed by atoms with Crippen molar-refractivity contribution < 1.29 is 23.8 Å². The average molecular weight is 500 g/mol. The highest BCUT2D eigenvalue weighted by atomic mass is 16.5.